The van der Waals surface area contributed by atoms with Gasteiger partial charge in [0.05, 0.1) is 11.4 Å². The maximum atomic E-state index is 13.0. The summed E-state index contributed by atoms with van der Waals surface area (Å²) in [4.78, 5) is 19.9. The lowest BCUT2D eigenvalue weighted by Gasteiger charge is -2.30. The van der Waals surface area contributed by atoms with Crippen molar-refractivity contribution in [2.45, 2.75) is 56.9 Å². The van der Waals surface area contributed by atoms with E-state index in [1.54, 1.807) is 28.6 Å². The van der Waals surface area contributed by atoms with Crippen LogP contribution in [0.3, 0.4) is 0 Å². The van der Waals surface area contributed by atoms with Crippen LogP contribution in [0.4, 0.5) is 5.69 Å². The van der Waals surface area contributed by atoms with E-state index in [0.29, 0.717) is 37.0 Å². The first-order valence-corrected chi connectivity index (χ1v) is 14.9. The molecule has 0 bridgehead atoms. The fraction of sp³-hybridized carbons (Fsp3) is 0.464. The Labute approximate surface area is 224 Å². The molecule has 10 heteroatoms. The second-order valence-corrected chi connectivity index (χ2v) is 12.2. The number of sulfonamides is 1. The Morgan fingerprint density at radius 2 is 1.71 bits per heavy atom. The Morgan fingerprint density at radius 1 is 1.00 bits per heavy atom. The Kier molecular flexibility index (Phi) is 8.21. The number of nitrogens with one attached hydrogen (secondary N) is 1. The molecule has 9 nitrogen and oxygen atoms in total. The van der Waals surface area contributed by atoms with Crippen molar-refractivity contribution in [3.8, 4) is 11.4 Å². The summed E-state index contributed by atoms with van der Waals surface area (Å²) < 4.78 is 33.0. The number of hydrogen-bond acceptors (Lipinski definition) is 7. The van der Waals surface area contributed by atoms with Crippen molar-refractivity contribution in [1.82, 2.24) is 19.3 Å². The summed E-state index contributed by atoms with van der Waals surface area (Å²) in [5.74, 6) is 1.02. The second-order valence-electron chi connectivity index (χ2n) is 10.3. The summed E-state index contributed by atoms with van der Waals surface area (Å²) in [7, 11) is -3.50. The van der Waals surface area contributed by atoms with Gasteiger partial charge in [0.15, 0.2) is 0 Å². The normalized spacial score (nSPS) is 18.2. The van der Waals surface area contributed by atoms with Gasteiger partial charge in [-0.15, -0.1) is 0 Å². The summed E-state index contributed by atoms with van der Waals surface area (Å²) in [5.41, 5.74) is 2.69. The maximum absolute atomic E-state index is 13.0. The summed E-state index contributed by atoms with van der Waals surface area (Å²) in [6.45, 7) is 5.24. The molecular formula is C28H35N5O4S. The molecule has 0 saturated carbocycles. The van der Waals surface area contributed by atoms with Crippen molar-refractivity contribution in [2.75, 3.05) is 31.5 Å². The van der Waals surface area contributed by atoms with Crippen molar-refractivity contribution in [1.29, 1.82) is 0 Å². The van der Waals surface area contributed by atoms with E-state index in [0.717, 1.165) is 62.7 Å². The fourth-order valence-corrected chi connectivity index (χ4v) is 6.67. The monoisotopic (exact) mass is 537 g/mol. The lowest BCUT2D eigenvalue weighted by molar-refractivity contribution is -0.121. The third kappa shape index (κ3) is 6.31. The van der Waals surface area contributed by atoms with E-state index in [-0.39, 0.29) is 16.7 Å². The number of aromatic nitrogens is 2. The number of carbonyl (C=O) groups is 1. The van der Waals surface area contributed by atoms with E-state index in [4.69, 9.17) is 4.52 Å². The maximum Gasteiger partial charge on any atom is 0.243 e. The molecule has 5 rings (SSSR count). The highest BCUT2D eigenvalue weighted by molar-refractivity contribution is 7.89. The van der Waals surface area contributed by atoms with Crippen LogP contribution >= 0.6 is 0 Å². The molecule has 0 aliphatic carbocycles. The number of anilines is 1. The standard InChI is InChI=1S/C28H35N5O4S/c1-21-7-6-8-23(19-21)27-30-26(37-31-27)20-32-17-13-22(14-18-32)28(34)29-24-9-11-25(12-10-24)38(35,36)33-15-4-2-3-5-16-33/h6-12,19,22H,2-5,13-18,20H2,1H3,(H,29,34). The topological polar surface area (TPSA) is 109 Å². The summed E-state index contributed by atoms with van der Waals surface area (Å²) in [6, 6.07) is 14.5. The van der Waals surface area contributed by atoms with E-state index in [2.05, 4.69) is 20.4 Å². The van der Waals surface area contributed by atoms with E-state index >= 15 is 0 Å². The molecule has 38 heavy (non-hydrogen) atoms. The highest BCUT2D eigenvalue weighted by Crippen LogP contribution is 2.24. The number of hydrogen-bond donors (Lipinski definition) is 1. The van der Waals surface area contributed by atoms with Gasteiger partial charge in [0.2, 0.25) is 27.6 Å². The first kappa shape index (κ1) is 26.5. The Morgan fingerprint density at radius 3 is 2.39 bits per heavy atom. The minimum Gasteiger partial charge on any atom is -0.338 e. The van der Waals surface area contributed by atoms with Crippen LogP contribution in [0.15, 0.2) is 57.9 Å². The number of nitrogens with zero attached hydrogens (tertiary/aromatic N) is 4. The Balaban J connectivity index is 1.11. The fourth-order valence-electron chi connectivity index (χ4n) is 5.15. The van der Waals surface area contributed by atoms with Gasteiger partial charge in [0, 0.05) is 30.3 Å². The molecule has 202 valence electrons. The van der Waals surface area contributed by atoms with Crippen LogP contribution in [0.5, 0.6) is 0 Å². The molecule has 0 radical (unpaired) electrons. The Hall–Kier alpha value is -3.08. The predicted molar refractivity (Wildman–Crippen MR) is 145 cm³/mol. The number of likely N-dealkylation sites (tertiary alicyclic amines) is 1. The molecular weight excluding hydrogens is 502 g/mol. The molecule has 3 aromatic rings. The first-order valence-electron chi connectivity index (χ1n) is 13.4. The zero-order valence-electron chi connectivity index (χ0n) is 21.8. The van der Waals surface area contributed by atoms with Crippen LogP contribution in [0.2, 0.25) is 0 Å². The molecule has 0 spiro atoms. The van der Waals surface area contributed by atoms with Crippen molar-refractivity contribution >= 4 is 21.6 Å². The van der Waals surface area contributed by atoms with Gasteiger partial charge < -0.3 is 9.84 Å². The number of piperidine rings is 1. The highest BCUT2D eigenvalue weighted by atomic mass is 32.2. The number of carbonyl (C=O) groups excluding carboxylic acids is 1. The van der Waals surface area contributed by atoms with Gasteiger partial charge in [0.25, 0.3) is 0 Å². The SMILES string of the molecule is Cc1cccc(-c2noc(CN3CCC(C(=O)Nc4ccc(S(=O)(=O)N5CCCCCC5)cc4)CC3)n2)c1. The van der Waals surface area contributed by atoms with Crippen LogP contribution in [0.25, 0.3) is 11.4 Å². The lowest BCUT2D eigenvalue weighted by Crippen LogP contribution is -2.37. The molecule has 1 aromatic heterocycles. The van der Waals surface area contributed by atoms with Gasteiger partial charge in [-0.3, -0.25) is 9.69 Å². The van der Waals surface area contributed by atoms with Gasteiger partial charge in [0.1, 0.15) is 0 Å². The smallest absolute Gasteiger partial charge is 0.243 e. The minimum absolute atomic E-state index is 0.0349. The molecule has 2 saturated heterocycles. The van der Waals surface area contributed by atoms with E-state index in [1.165, 1.54) is 0 Å². The third-order valence-electron chi connectivity index (χ3n) is 7.39. The molecule has 2 aromatic carbocycles. The first-order chi connectivity index (χ1) is 18.4. The molecule has 2 aliphatic rings. The summed E-state index contributed by atoms with van der Waals surface area (Å²) in [5, 5.41) is 7.08. The van der Waals surface area contributed by atoms with E-state index in [1.807, 2.05) is 31.2 Å². The molecule has 3 heterocycles. The third-order valence-corrected chi connectivity index (χ3v) is 9.30. The van der Waals surface area contributed by atoms with Crippen molar-refractivity contribution in [3.05, 3.63) is 60.0 Å². The summed E-state index contributed by atoms with van der Waals surface area (Å²) in [6.07, 6.45) is 5.40. The van der Waals surface area contributed by atoms with E-state index < -0.39 is 10.0 Å². The average Bonchev–Trinajstić information content (AvgIpc) is 3.20. The van der Waals surface area contributed by atoms with Crippen LogP contribution < -0.4 is 5.32 Å². The number of rotatable bonds is 7. The predicted octanol–water partition coefficient (Wildman–Crippen LogP) is 4.46. The van der Waals surface area contributed by atoms with Gasteiger partial charge in [-0.05, 0) is 76.0 Å². The summed E-state index contributed by atoms with van der Waals surface area (Å²) >= 11 is 0. The van der Waals surface area contributed by atoms with Crippen LogP contribution in [-0.4, -0.2) is 59.8 Å². The van der Waals surface area contributed by atoms with Gasteiger partial charge in [-0.1, -0.05) is 41.8 Å². The van der Waals surface area contributed by atoms with Crippen LogP contribution in [-0.2, 0) is 21.4 Å². The van der Waals surface area contributed by atoms with Crippen LogP contribution in [0.1, 0.15) is 50.0 Å². The van der Waals surface area contributed by atoms with Gasteiger partial charge in [-0.25, -0.2) is 8.42 Å². The molecule has 1 amide bonds. The minimum atomic E-state index is -3.50. The van der Waals surface area contributed by atoms with E-state index in [9.17, 15) is 13.2 Å². The molecule has 0 atom stereocenters. The van der Waals surface area contributed by atoms with Gasteiger partial charge >= 0.3 is 0 Å². The van der Waals surface area contributed by atoms with Crippen LogP contribution in [0, 0.1) is 12.8 Å². The largest absolute Gasteiger partial charge is 0.338 e. The zero-order chi connectivity index (χ0) is 26.5. The quantitative estimate of drug-likeness (QED) is 0.474. The number of amides is 1. The molecule has 2 aliphatic heterocycles. The number of aryl methyl sites for hydroxylation is 1. The van der Waals surface area contributed by atoms with Crippen molar-refractivity contribution in [3.63, 3.8) is 0 Å². The zero-order valence-corrected chi connectivity index (χ0v) is 22.6. The lowest BCUT2D eigenvalue weighted by atomic mass is 9.96. The van der Waals surface area contributed by atoms with Gasteiger partial charge in [-0.2, -0.15) is 9.29 Å². The van der Waals surface area contributed by atoms with Crippen molar-refractivity contribution in [2.24, 2.45) is 5.92 Å². The second kappa shape index (κ2) is 11.8. The number of benzene rings is 2. The average molecular weight is 538 g/mol. The van der Waals surface area contributed by atoms with Crippen molar-refractivity contribution < 1.29 is 17.7 Å². The Bertz CT molecular complexity index is 1340. The molecule has 1 N–H and O–H groups in total. The molecule has 0 unspecified atom stereocenters. The highest BCUT2D eigenvalue weighted by Gasteiger charge is 2.27. The molecule has 2 fully saturated rings.